The predicted molar refractivity (Wildman–Crippen MR) is 84.9 cm³/mol. The number of carbonyl (C=O) groups excluding carboxylic acids is 2. The van der Waals surface area contributed by atoms with Gasteiger partial charge in [-0.15, -0.1) is 0 Å². The van der Waals surface area contributed by atoms with Crippen LogP contribution in [0.2, 0.25) is 0 Å². The van der Waals surface area contributed by atoms with Crippen LogP contribution in [0, 0.1) is 5.41 Å². The molecule has 0 aliphatic carbocycles. The quantitative estimate of drug-likeness (QED) is 0.777. The van der Waals surface area contributed by atoms with Crippen molar-refractivity contribution in [2.45, 2.75) is 19.3 Å². The topological polar surface area (TPSA) is 69.6 Å². The summed E-state index contributed by atoms with van der Waals surface area (Å²) in [5, 5.41) is 0. The van der Waals surface area contributed by atoms with Gasteiger partial charge in [-0.05, 0) is 19.3 Å². The minimum absolute atomic E-state index is 0.0296. The van der Waals surface area contributed by atoms with E-state index in [1.54, 1.807) is 31.4 Å². The van der Waals surface area contributed by atoms with Crippen LogP contribution in [0.25, 0.3) is 0 Å². The predicted octanol–water partition coefficient (Wildman–Crippen LogP) is 1.09. The van der Waals surface area contributed by atoms with E-state index < -0.39 is 0 Å². The third-order valence-electron chi connectivity index (χ3n) is 4.82. The fraction of sp³-hybridized carbons (Fsp3) is 0.625. The van der Waals surface area contributed by atoms with Crippen LogP contribution in [0.4, 0.5) is 4.79 Å². The number of likely N-dealkylation sites (tertiary alicyclic amines) is 2. The van der Waals surface area contributed by atoms with Crippen molar-refractivity contribution in [2.75, 3.05) is 40.3 Å². The molecule has 3 rings (SSSR count). The van der Waals surface area contributed by atoms with Crippen LogP contribution in [0.1, 0.15) is 29.8 Å². The van der Waals surface area contributed by atoms with Crippen molar-refractivity contribution in [3.05, 3.63) is 24.3 Å². The molecule has 0 radical (unpaired) electrons. The van der Waals surface area contributed by atoms with E-state index in [4.69, 9.17) is 0 Å². The number of piperidine rings is 1. The standard InChI is InChI=1S/C16H23N5O2/c1-19(2)15(23)21-9-5-16(12-21)4-3-8-20(11-16)14(22)13-10-17-6-7-18-13/h6-7,10H,3-5,8-9,11-12H2,1-2H3. The second kappa shape index (κ2) is 6.14. The number of nitrogens with zero attached hydrogens (tertiary/aromatic N) is 5. The van der Waals surface area contributed by atoms with Gasteiger partial charge in [0.25, 0.3) is 5.91 Å². The van der Waals surface area contributed by atoms with Gasteiger partial charge in [-0.2, -0.15) is 0 Å². The number of carbonyl (C=O) groups is 2. The van der Waals surface area contributed by atoms with E-state index in [9.17, 15) is 9.59 Å². The monoisotopic (exact) mass is 317 g/mol. The Kier molecular flexibility index (Phi) is 4.19. The zero-order chi connectivity index (χ0) is 16.4. The molecular formula is C16H23N5O2. The highest BCUT2D eigenvalue weighted by Gasteiger charge is 2.44. The molecule has 1 atom stereocenters. The summed E-state index contributed by atoms with van der Waals surface area (Å²) in [6.45, 7) is 2.94. The first-order valence-electron chi connectivity index (χ1n) is 8.02. The Balaban J connectivity index is 1.69. The number of amides is 3. The largest absolute Gasteiger partial charge is 0.337 e. The molecule has 23 heavy (non-hydrogen) atoms. The van der Waals surface area contributed by atoms with Gasteiger partial charge in [0.15, 0.2) is 0 Å². The number of rotatable bonds is 1. The second-order valence-electron chi connectivity index (χ2n) is 6.77. The van der Waals surface area contributed by atoms with Crippen LogP contribution >= 0.6 is 0 Å². The lowest BCUT2D eigenvalue weighted by Crippen LogP contribution is -2.48. The molecule has 0 N–H and O–H groups in total. The molecule has 0 aromatic carbocycles. The van der Waals surface area contributed by atoms with Crippen LogP contribution < -0.4 is 0 Å². The summed E-state index contributed by atoms with van der Waals surface area (Å²) in [4.78, 5) is 38.2. The zero-order valence-corrected chi connectivity index (χ0v) is 13.7. The maximum atomic E-state index is 12.6. The van der Waals surface area contributed by atoms with Crippen LogP contribution in [0.15, 0.2) is 18.6 Å². The van der Waals surface area contributed by atoms with Crippen molar-refractivity contribution in [3.63, 3.8) is 0 Å². The zero-order valence-electron chi connectivity index (χ0n) is 13.7. The van der Waals surface area contributed by atoms with Gasteiger partial charge in [-0.25, -0.2) is 9.78 Å². The van der Waals surface area contributed by atoms with Crippen molar-refractivity contribution in [2.24, 2.45) is 5.41 Å². The normalized spacial score (nSPS) is 24.1. The second-order valence-corrected chi connectivity index (χ2v) is 6.77. The molecule has 2 fully saturated rings. The van der Waals surface area contributed by atoms with Crippen molar-refractivity contribution in [1.29, 1.82) is 0 Å². The van der Waals surface area contributed by atoms with Gasteiger partial charge in [0.05, 0.1) is 6.20 Å². The molecular weight excluding hydrogens is 294 g/mol. The van der Waals surface area contributed by atoms with Gasteiger partial charge in [0.1, 0.15) is 5.69 Å². The van der Waals surface area contributed by atoms with Crippen molar-refractivity contribution < 1.29 is 9.59 Å². The summed E-state index contributed by atoms with van der Waals surface area (Å²) in [6, 6.07) is 0.0549. The maximum Gasteiger partial charge on any atom is 0.319 e. The Morgan fingerprint density at radius 2 is 1.91 bits per heavy atom. The van der Waals surface area contributed by atoms with Gasteiger partial charge in [-0.1, -0.05) is 0 Å². The fourth-order valence-electron chi connectivity index (χ4n) is 3.67. The first kappa shape index (κ1) is 15.7. The molecule has 7 nitrogen and oxygen atoms in total. The lowest BCUT2D eigenvalue weighted by atomic mass is 9.79. The first-order valence-corrected chi connectivity index (χ1v) is 8.02. The Bertz CT molecular complexity index is 591. The molecule has 124 valence electrons. The molecule has 1 aromatic rings. The van der Waals surface area contributed by atoms with Crippen LogP contribution in [-0.4, -0.2) is 76.9 Å². The molecule has 1 aromatic heterocycles. The molecule has 1 spiro atoms. The molecule has 2 aliphatic rings. The van der Waals surface area contributed by atoms with Gasteiger partial charge in [-0.3, -0.25) is 9.78 Å². The SMILES string of the molecule is CN(C)C(=O)N1CCC2(CCCN(C(=O)c3cnccn3)C2)C1. The molecule has 3 amide bonds. The third kappa shape index (κ3) is 3.13. The average Bonchev–Trinajstić information content (AvgIpc) is 2.97. The molecule has 2 saturated heterocycles. The molecule has 2 aliphatic heterocycles. The maximum absolute atomic E-state index is 12.6. The summed E-state index contributed by atoms with van der Waals surface area (Å²) in [5.41, 5.74) is 0.422. The first-order chi connectivity index (χ1) is 11.0. The van der Waals surface area contributed by atoms with E-state index in [2.05, 4.69) is 9.97 Å². The Morgan fingerprint density at radius 1 is 1.13 bits per heavy atom. The molecule has 0 bridgehead atoms. The molecule has 0 saturated carbocycles. The minimum Gasteiger partial charge on any atom is -0.337 e. The van der Waals surface area contributed by atoms with Crippen LogP contribution in [0.3, 0.4) is 0 Å². The summed E-state index contributed by atoms with van der Waals surface area (Å²) in [6.07, 6.45) is 7.61. The van der Waals surface area contributed by atoms with Gasteiger partial charge in [0.2, 0.25) is 0 Å². The lowest BCUT2D eigenvalue weighted by molar-refractivity contribution is 0.0528. The Morgan fingerprint density at radius 3 is 2.61 bits per heavy atom. The Labute approximate surface area is 136 Å². The van der Waals surface area contributed by atoms with Crippen molar-refractivity contribution >= 4 is 11.9 Å². The number of hydrogen-bond acceptors (Lipinski definition) is 4. The van der Waals surface area contributed by atoms with E-state index in [0.29, 0.717) is 12.2 Å². The minimum atomic E-state index is -0.0606. The van der Waals surface area contributed by atoms with E-state index in [1.165, 1.54) is 6.20 Å². The third-order valence-corrected chi connectivity index (χ3v) is 4.82. The van der Waals surface area contributed by atoms with Crippen LogP contribution in [0.5, 0.6) is 0 Å². The number of hydrogen-bond donors (Lipinski definition) is 0. The van der Waals surface area contributed by atoms with Gasteiger partial charge in [0, 0.05) is 58.1 Å². The highest BCUT2D eigenvalue weighted by Crippen LogP contribution is 2.39. The summed E-state index contributed by atoms with van der Waals surface area (Å²) >= 11 is 0. The van der Waals surface area contributed by atoms with E-state index in [-0.39, 0.29) is 17.4 Å². The number of aromatic nitrogens is 2. The number of urea groups is 1. The van der Waals surface area contributed by atoms with E-state index in [0.717, 1.165) is 38.9 Å². The van der Waals surface area contributed by atoms with Crippen molar-refractivity contribution in [3.8, 4) is 0 Å². The fourth-order valence-corrected chi connectivity index (χ4v) is 3.67. The molecule has 3 heterocycles. The lowest BCUT2D eigenvalue weighted by Gasteiger charge is -2.40. The average molecular weight is 317 g/mol. The van der Waals surface area contributed by atoms with Crippen molar-refractivity contribution in [1.82, 2.24) is 24.7 Å². The van der Waals surface area contributed by atoms with Gasteiger partial charge < -0.3 is 14.7 Å². The molecule has 1 unspecified atom stereocenters. The summed E-state index contributed by atoms with van der Waals surface area (Å²) in [5.74, 6) is -0.0606. The Hall–Kier alpha value is -2.18. The van der Waals surface area contributed by atoms with E-state index in [1.807, 2.05) is 9.80 Å². The van der Waals surface area contributed by atoms with E-state index >= 15 is 0 Å². The highest BCUT2D eigenvalue weighted by molar-refractivity contribution is 5.92. The van der Waals surface area contributed by atoms with Gasteiger partial charge >= 0.3 is 6.03 Å². The summed E-state index contributed by atoms with van der Waals surface area (Å²) in [7, 11) is 3.55. The molecule has 7 heteroatoms. The smallest absolute Gasteiger partial charge is 0.319 e. The van der Waals surface area contributed by atoms with Crippen LogP contribution in [-0.2, 0) is 0 Å². The summed E-state index contributed by atoms with van der Waals surface area (Å²) < 4.78 is 0. The highest BCUT2D eigenvalue weighted by atomic mass is 16.2.